The summed E-state index contributed by atoms with van der Waals surface area (Å²) in [6.45, 7) is 5.81. The first-order valence-electron chi connectivity index (χ1n) is 6.26. The fourth-order valence-corrected chi connectivity index (χ4v) is 3.19. The van der Waals surface area contributed by atoms with Crippen LogP contribution >= 0.6 is 0 Å². The average molecular weight is 264 g/mol. The second-order valence-electron chi connectivity index (χ2n) is 4.42. The van der Waals surface area contributed by atoms with Gasteiger partial charge in [-0.3, -0.25) is 0 Å². The minimum Gasteiger partial charge on any atom is -0.329 e. The van der Waals surface area contributed by atoms with Gasteiger partial charge in [0.15, 0.2) is 0 Å². The van der Waals surface area contributed by atoms with Gasteiger partial charge in [-0.05, 0) is 32.4 Å². The van der Waals surface area contributed by atoms with Crippen molar-refractivity contribution in [2.24, 2.45) is 5.73 Å². The van der Waals surface area contributed by atoms with Gasteiger partial charge in [0.05, 0.1) is 0 Å². The number of likely N-dealkylation sites (tertiary alicyclic amines) is 1. The normalized spacial score (nSPS) is 19.6. The number of nitrogens with zero attached hydrogens (tertiary/aromatic N) is 1. The van der Waals surface area contributed by atoms with E-state index in [4.69, 9.17) is 5.73 Å². The molecule has 1 rings (SSSR count). The van der Waals surface area contributed by atoms with E-state index in [-0.39, 0.29) is 6.04 Å². The fraction of sp³-hybridized carbons (Fsp3) is 1.00. The molecule has 0 aromatic heterocycles. The van der Waals surface area contributed by atoms with E-state index in [9.17, 15) is 8.42 Å². The summed E-state index contributed by atoms with van der Waals surface area (Å²) in [5.41, 5.74) is 5.49. The van der Waals surface area contributed by atoms with E-state index in [2.05, 4.69) is 14.3 Å². The molecular formula is C10H24N4O2S. The van der Waals surface area contributed by atoms with Gasteiger partial charge in [0.1, 0.15) is 0 Å². The highest BCUT2D eigenvalue weighted by Gasteiger charge is 2.22. The highest BCUT2D eigenvalue weighted by atomic mass is 32.2. The maximum absolute atomic E-state index is 11.6. The highest BCUT2D eigenvalue weighted by Crippen LogP contribution is 2.10. The van der Waals surface area contributed by atoms with Crippen LogP contribution in [0.5, 0.6) is 0 Å². The lowest BCUT2D eigenvalue weighted by Gasteiger charge is -2.31. The summed E-state index contributed by atoms with van der Waals surface area (Å²) in [7, 11) is -3.32. The van der Waals surface area contributed by atoms with E-state index in [1.54, 1.807) is 0 Å². The van der Waals surface area contributed by atoms with Crippen molar-refractivity contribution < 1.29 is 8.42 Å². The molecule has 1 fully saturated rings. The smallest absolute Gasteiger partial charge is 0.277 e. The first-order valence-corrected chi connectivity index (χ1v) is 7.75. The van der Waals surface area contributed by atoms with Gasteiger partial charge < -0.3 is 10.6 Å². The van der Waals surface area contributed by atoms with Gasteiger partial charge in [0.25, 0.3) is 10.2 Å². The molecule has 6 nitrogen and oxygen atoms in total. The summed E-state index contributed by atoms with van der Waals surface area (Å²) in [4.78, 5) is 2.27. The number of nitrogens with two attached hydrogens (primary N) is 1. The summed E-state index contributed by atoms with van der Waals surface area (Å²) in [6, 6.07) is 0.0541. The third-order valence-corrected chi connectivity index (χ3v) is 4.12. The molecule has 1 aliphatic rings. The van der Waals surface area contributed by atoms with E-state index in [1.165, 1.54) is 0 Å². The quantitative estimate of drug-likeness (QED) is 0.564. The molecule has 0 spiro atoms. The molecule has 1 saturated heterocycles. The maximum atomic E-state index is 11.6. The van der Waals surface area contributed by atoms with Crippen LogP contribution in [0.2, 0.25) is 0 Å². The largest absolute Gasteiger partial charge is 0.329 e. The monoisotopic (exact) mass is 264 g/mol. The second kappa shape index (κ2) is 7.27. The van der Waals surface area contributed by atoms with E-state index in [0.717, 1.165) is 38.9 Å². The molecule has 7 heteroatoms. The number of hydrogen-bond acceptors (Lipinski definition) is 4. The molecule has 0 radical (unpaired) electrons. The topological polar surface area (TPSA) is 87.5 Å². The van der Waals surface area contributed by atoms with Crippen LogP contribution < -0.4 is 15.2 Å². The van der Waals surface area contributed by atoms with Crippen LogP contribution in [-0.4, -0.2) is 52.1 Å². The van der Waals surface area contributed by atoms with Gasteiger partial charge in [-0.2, -0.15) is 13.1 Å². The predicted octanol–water partition coefficient (Wildman–Crippen LogP) is -0.756. The minimum absolute atomic E-state index is 0.0541. The lowest BCUT2D eigenvalue weighted by Crippen LogP contribution is -2.48. The zero-order valence-corrected chi connectivity index (χ0v) is 11.3. The molecule has 0 bridgehead atoms. The standard InChI is InChI=1S/C10H24N4O2S/c1-2-6-12-17(15,16)13-10-3-7-14(8-4-10)9-5-11/h10,12-13H,2-9,11H2,1H3. The van der Waals surface area contributed by atoms with Crippen LogP contribution in [0.25, 0.3) is 0 Å². The van der Waals surface area contributed by atoms with Crippen LogP contribution in [0.4, 0.5) is 0 Å². The molecule has 0 amide bonds. The molecule has 102 valence electrons. The predicted molar refractivity (Wildman–Crippen MR) is 68.9 cm³/mol. The van der Waals surface area contributed by atoms with Crippen molar-refractivity contribution >= 4 is 10.2 Å². The van der Waals surface area contributed by atoms with Crippen molar-refractivity contribution in [1.82, 2.24) is 14.3 Å². The molecule has 0 atom stereocenters. The number of hydrogen-bond donors (Lipinski definition) is 3. The first kappa shape index (κ1) is 14.8. The van der Waals surface area contributed by atoms with E-state index in [1.807, 2.05) is 6.92 Å². The second-order valence-corrected chi connectivity index (χ2v) is 5.95. The first-order chi connectivity index (χ1) is 8.07. The SMILES string of the molecule is CCCNS(=O)(=O)NC1CCN(CCN)CC1. The van der Waals surface area contributed by atoms with Crippen molar-refractivity contribution in [2.45, 2.75) is 32.2 Å². The number of nitrogens with one attached hydrogen (secondary N) is 2. The van der Waals surface area contributed by atoms with E-state index in [0.29, 0.717) is 13.1 Å². The molecule has 1 heterocycles. The molecule has 4 N–H and O–H groups in total. The summed E-state index contributed by atoms with van der Waals surface area (Å²) >= 11 is 0. The zero-order valence-electron chi connectivity index (χ0n) is 10.5. The molecule has 0 aromatic rings. The van der Waals surface area contributed by atoms with Gasteiger partial charge in [-0.15, -0.1) is 0 Å². The molecule has 17 heavy (non-hydrogen) atoms. The van der Waals surface area contributed by atoms with Gasteiger partial charge in [0.2, 0.25) is 0 Å². The Bertz CT molecular complexity index is 299. The summed E-state index contributed by atoms with van der Waals surface area (Å²) < 4.78 is 28.4. The van der Waals surface area contributed by atoms with Gasteiger partial charge in [-0.25, -0.2) is 4.72 Å². The Morgan fingerprint density at radius 1 is 1.35 bits per heavy atom. The fourth-order valence-electron chi connectivity index (χ4n) is 1.95. The Morgan fingerprint density at radius 3 is 2.53 bits per heavy atom. The Kier molecular flexibility index (Phi) is 6.35. The van der Waals surface area contributed by atoms with Crippen LogP contribution in [0.3, 0.4) is 0 Å². The molecule has 0 aromatic carbocycles. The van der Waals surface area contributed by atoms with Crippen molar-refractivity contribution in [2.75, 3.05) is 32.7 Å². The Balaban J connectivity index is 2.30. The van der Waals surface area contributed by atoms with E-state index >= 15 is 0 Å². The van der Waals surface area contributed by atoms with Gasteiger partial charge >= 0.3 is 0 Å². The minimum atomic E-state index is -3.32. The highest BCUT2D eigenvalue weighted by molar-refractivity contribution is 7.87. The summed E-state index contributed by atoms with van der Waals surface area (Å²) in [5.74, 6) is 0. The van der Waals surface area contributed by atoms with Crippen molar-refractivity contribution in [3.05, 3.63) is 0 Å². The van der Waals surface area contributed by atoms with Crippen molar-refractivity contribution in [3.8, 4) is 0 Å². The van der Waals surface area contributed by atoms with E-state index < -0.39 is 10.2 Å². The maximum Gasteiger partial charge on any atom is 0.277 e. The average Bonchev–Trinajstić information content (AvgIpc) is 2.29. The lowest BCUT2D eigenvalue weighted by molar-refractivity contribution is 0.212. The molecular weight excluding hydrogens is 240 g/mol. The number of rotatable bonds is 7. The third-order valence-electron chi connectivity index (χ3n) is 2.90. The Labute approximate surface area is 104 Å². The zero-order chi connectivity index (χ0) is 12.7. The van der Waals surface area contributed by atoms with Gasteiger partial charge in [-0.1, -0.05) is 6.92 Å². The van der Waals surface area contributed by atoms with Gasteiger partial charge in [0, 0.05) is 25.7 Å². The third kappa shape index (κ3) is 5.78. The summed E-state index contributed by atoms with van der Waals surface area (Å²) in [6.07, 6.45) is 2.51. The Hall–Kier alpha value is -0.210. The van der Waals surface area contributed by atoms with Crippen LogP contribution in [-0.2, 0) is 10.2 Å². The molecule has 0 aliphatic carbocycles. The van der Waals surface area contributed by atoms with Crippen LogP contribution in [0.15, 0.2) is 0 Å². The summed E-state index contributed by atoms with van der Waals surface area (Å²) in [5, 5.41) is 0. The van der Waals surface area contributed by atoms with Crippen molar-refractivity contribution in [1.29, 1.82) is 0 Å². The molecule has 1 aliphatic heterocycles. The number of piperidine rings is 1. The van der Waals surface area contributed by atoms with Crippen molar-refractivity contribution in [3.63, 3.8) is 0 Å². The van der Waals surface area contributed by atoms with Crippen LogP contribution in [0, 0.1) is 0 Å². The molecule has 0 unspecified atom stereocenters. The van der Waals surface area contributed by atoms with Crippen LogP contribution in [0.1, 0.15) is 26.2 Å². The lowest BCUT2D eigenvalue weighted by atomic mass is 10.1. The Morgan fingerprint density at radius 2 is 2.00 bits per heavy atom. The molecule has 0 saturated carbocycles.